The average Bonchev–Trinajstić information content (AvgIpc) is 3.51. The van der Waals surface area contributed by atoms with Crippen LogP contribution < -0.4 is 10.2 Å². The van der Waals surface area contributed by atoms with Crippen LogP contribution in [-0.4, -0.2) is 36.1 Å². The van der Waals surface area contributed by atoms with Crippen LogP contribution >= 0.6 is 0 Å². The maximum absolute atomic E-state index is 12.9. The Morgan fingerprint density at radius 2 is 1.44 bits per heavy atom. The van der Waals surface area contributed by atoms with E-state index in [9.17, 15) is 24.0 Å². The second-order valence-electron chi connectivity index (χ2n) is 8.82. The molecule has 0 radical (unpaired) electrons. The van der Waals surface area contributed by atoms with Gasteiger partial charge in [0.1, 0.15) is 0 Å². The Hall–Kier alpha value is -4.07. The quantitative estimate of drug-likeness (QED) is 0.308. The first-order valence-corrected chi connectivity index (χ1v) is 11.1. The zero-order valence-electron chi connectivity index (χ0n) is 18.4. The molecule has 0 spiro atoms. The van der Waals surface area contributed by atoms with Gasteiger partial charge < -0.3 is 10.1 Å². The minimum Gasteiger partial charge on any atom is -0.452 e. The van der Waals surface area contributed by atoms with Crippen molar-refractivity contribution in [1.29, 1.82) is 0 Å². The normalized spacial score (nSPS) is 24.3. The van der Waals surface area contributed by atoms with Gasteiger partial charge in [-0.25, -0.2) is 4.79 Å². The standard InChI is InChI=1S/C26H22N2O6/c1-14(29)15-4-8-19(9-5-15)27-21(30)13-34-26(33)16-6-10-20(11-7-16)28-24(31)22-17-2-3-18(12-17)23(22)25(28)32/h2-11,17-18,22-23H,12-13H2,1H3,(H,27,30)/t17-,18-,22-,23+/m0/s1. The molecule has 4 atom stereocenters. The minimum atomic E-state index is -0.702. The monoisotopic (exact) mass is 458 g/mol. The number of imide groups is 1. The first-order valence-electron chi connectivity index (χ1n) is 11.1. The number of ketones is 1. The first-order chi connectivity index (χ1) is 16.3. The lowest BCUT2D eigenvalue weighted by atomic mass is 9.85. The van der Waals surface area contributed by atoms with Crippen LogP contribution in [0.1, 0.15) is 34.1 Å². The number of esters is 1. The van der Waals surface area contributed by atoms with E-state index in [2.05, 4.69) is 5.32 Å². The summed E-state index contributed by atoms with van der Waals surface area (Å²) in [4.78, 5) is 62.8. The molecule has 1 saturated carbocycles. The van der Waals surface area contributed by atoms with Crippen LogP contribution in [0.25, 0.3) is 0 Å². The van der Waals surface area contributed by atoms with Gasteiger partial charge in [0, 0.05) is 11.3 Å². The number of hydrogen-bond acceptors (Lipinski definition) is 6. The topological polar surface area (TPSA) is 110 Å². The van der Waals surface area contributed by atoms with Gasteiger partial charge in [-0.2, -0.15) is 0 Å². The second kappa shape index (κ2) is 8.37. The number of carbonyl (C=O) groups is 5. The number of nitrogens with zero attached hydrogens (tertiary/aromatic N) is 1. The molecular formula is C26H22N2O6. The zero-order chi connectivity index (χ0) is 24.0. The van der Waals surface area contributed by atoms with Gasteiger partial charge in [-0.1, -0.05) is 12.2 Å². The molecule has 2 aromatic rings. The molecule has 0 aromatic heterocycles. The molecule has 1 N–H and O–H groups in total. The third kappa shape index (κ3) is 3.71. The molecule has 2 aromatic carbocycles. The molecular weight excluding hydrogens is 436 g/mol. The Morgan fingerprint density at radius 1 is 0.882 bits per heavy atom. The van der Waals surface area contributed by atoms with Crippen molar-refractivity contribution < 1.29 is 28.7 Å². The van der Waals surface area contributed by atoms with E-state index in [0.717, 1.165) is 6.42 Å². The number of rotatable bonds is 6. The highest BCUT2D eigenvalue weighted by atomic mass is 16.5. The third-order valence-corrected chi connectivity index (χ3v) is 6.74. The van der Waals surface area contributed by atoms with Gasteiger partial charge in [-0.3, -0.25) is 24.1 Å². The molecule has 2 bridgehead atoms. The molecule has 0 unspecified atom stereocenters. The fourth-order valence-electron chi connectivity index (χ4n) is 5.10. The average molecular weight is 458 g/mol. The lowest BCUT2D eigenvalue weighted by molar-refractivity contribution is -0.123. The van der Waals surface area contributed by atoms with Crippen molar-refractivity contribution in [3.05, 3.63) is 71.8 Å². The number of anilines is 2. The highest BCUT2D eigenvalue weighted by Crippen LogP contribution is 2.53. The van der Waals surface area contributed by atoms with Gasteiger partial charge in [0.05, 0.1) is 23.1 Å². The fraction of sp³-hybridized carbons (Fsp3) is 0.269. The molecule has 34 heavy (non-hydrogen) atoms. The van der Waals surface area contributed by atoms with Crippen molar-refractivity contribution in [2.75, 3.05) is 16.8 Å². The van der Waals surface area contributed by atoms with Crippen molar-refractivity contribution in [1.82, 2.24) is 0 Å². The summed E-state index contributed by atoms with van der Waals surface area (Å²) in [6, 6.07) is 12.4. The maximum atomic E-state index is 12.9. The van der Waals surface area contributed by atoms with Crippen LogP contribution in [0.5, 0.6) is 0 Å². The highest BCUT2D eigenvalue weighted by molar-refractivity contribution is 6.22. The molecule has 172 valence electrons. The summed E-state index contributed by atoms with van der Waals surface area (Å²) in [5.74, 6) is -1.99. The Morgan fingerprint density at radius 3 is 2.00 bits per heavy atom. The smallest absolute Gasteiger partial charge is 0.338 e. The van der Waals surface area contributed by atoms with E-state index in [0.29, 0.717) is 16.9 Å². The van der Waals surface area contributed by atoms with Gasteiger partial charge in [-0.05, 0) is 73.7 Å². The lowest BCUT2D eigenvalue weighted by Gasteiger charge is -2.17. The number of fused-ring (bicyclic) bond motifs is 5. The van der Waals surface area contributed by atoms with E-state index < -0.39 is 18.5 Å². The number of carbonyl (C=O) groups excluding carboxylic acids is 5. The Kier molecular flexibility index (Phi) is 5.36. The third-order valence-electron chi connectivity index (χ3n) is 6.74. The predicted octanol–water partition coefficient (Wildman–Crippen LogP) is 3.00. The number of Topliss-reactive ketones (excluding diaryl/α,β-unsaturated/α-hetero) is 1. The van der Waals surface area contributed by atoms with Crippen molar-refractivity contribution >= 4 is 40.8 Å². The van der Waals surface area contributed by atoms with Crippen molar-refractivity contribution in [3.63, 3.8) is 0 Å². The van der Waals surface area contributed by atoms with E-state index in [1.165, 1.54) is 24.0 Å². The second-order valence-corrected chi connectivity index (χ2v) is 8.82. The number of ether oxygens (including phenoxy) is 1. The molecule has 1 heterocycles. The summed E-state index contributed by atoms with van der Waals surface area (Å²) in [5.41, 5.74) is 1.62. The van der Waals surface area contributed by atoms with E-state index in [4.69, 9.17) is 4.74 Å². The number of nitrogens with one attached hydrogen (secondary N) is 1. The molecule has 1 saturated heterocycles. The number of allylic oxidation sites excluding steroid dienone is 2. The van der Waals surface area contributed by atoms with E-state index in [-0.39, 0.29) is 46.8 Å². The highest BCUT2D eigenvalue weighted by Gasteiger charge is 2.59. The van der Waals surface area contributed by atoms with Gasteiger partial charge >= 0.3 is 5.97 Å². The summed E-state index contributed by atoms with van der Waals surface area (Å²) in [7, 11) is 0. The van der Waals surface area contributed by atoms with Gasteiger partial charge in [-0.15, -0.1) is 0 Å². The molecule has 3 aliphatic rings. The summed E-state index contributed by atoms with van der Waals surface area (Å²) in [6.07, 6.45) is 4.94. The molecule has 8 heteroatoms. The van der Waals surface area contributed by atoms with Gasteiger partial charge in [0.15, 0.2) is 12.4 Å². The fourth-order valence-corrected chi connectivity index (χ4v) is 5.10. The molecule has 3 amide bonds. The van der Waals surface area contributed by atoms with Crippen LogP contribution in [0.4, 0.5) is 11.4 Å². The summed E-state index contributed by atoms with van der Waals surface area (Å²) < 4.78 is 5.07. The first kappa shape index (κ1) is 21.8. The predicted molar refractivity (Wildman–Crippen MR) is 122 cm³/mol. The Bertz CT molecular complexity index is 1200. The SMILES string of the molecule is CC(=O)c1ccc(NC(=O)COC(=O)c2ccc(N3C(=O)[C@@H]4[C@H](C3=O)[C@H]3C=C[C@H]4C3)cc2)cc1. The Balaban J connectivity index is 1.17. The molecule has 1 aliphatic heterocycles. The summed E-state index contributed by atoms with van der Waals surface area (Å²) in [5, 5.41) is 2.59. The molecule has 8 nitrogen and oxygen atoms in total. The number of hydrogen-bond donors (Lipinski definition) is 1. The number of benzene rings is 2. The van der Waals surface area contributed by atoms with Crippen molar-refractivity contribution in [3.8, 4) is 0 Å². The van der Waals surface area contributed by atoms with Crippen molar-refractivity contribution in [2.45, 2.75) is 13.3 Å². The van der Waals surface area contributed by atoms with Crippen LogP contribution in [0.15, 0.2) is 60.7 Å². The summed E-state index contributed by atoms with van der Waals surface area (Å²) in [6.45, 7) is 0.962. The van der Waals surface area contributed by atoms with E-state index in [1.807, 2.05) is 12.2 Å². The van der Waals surface area contributed by atoms with Crippen LogP contribution in [0.3, 0.4) is 0 Å². The number of amides is 3. The molecule has 2 fully saturated rings. The van der Waals surface area contributed by atoms with Crippen LogP contribution in [0, 0.1) is 23.7 Å². The van der Waals surface area contributed by atoms with Crippen molar-refractivity contribution in [2.24, 2.45) is 23.7 Å². The Labute approximate surface area is 195 Å². The van der Waals surface area contributed by atoms with Gasteiger partial charge in [0.2, 0.25) is 11.8 Å². The zero-order valence-corrected chi connectivity index (χ0v) is 18.4. The minimum absolute atomic E-state index is 0.0803. The van der Waals surface area contributed by atoms with E-state index in [1.54, 1.807) is 36.4 Å². The van der Waals surface area contributed by atoms with E-state index >= 15 is 0 Å². The maximum Gasteiger partial charge on any atom is 0.338 e. The van der Waals surface area contributed by atoms with Crippen LogP contribution in [0.2, 0.25) is 0 Å². The van der Waals surface area contributed by atoms with Crippen LogP contribution in [-0.2, 0) is 19.1 Å². The van der Waals surface area contributed by atoms with Gasteiger partial charge in [0.25, 0.3) is 5.91 Å². The largest absolute Gasteiger partial charge is 0.452 e. The lowest BCUT2D eigenvalue weighted by Crippen LogP contribution is -2.32. The molecule has 2 aliphatic carbocycles. The summed E-state index contributed by atoms with van der Waals surface area (Å²) >= 11 is 0. The molecule has 5 rings (SSSR count).